The van der Waals surface area contributed by atoms with Crippen molar-refractivity contribution in [3.63, 3.8) is 0 Å². The van der Waals surface area contributed by atoms with Crippen molar-refractivity contribution in [3.8, 4) is 0 Å². The van der Waals surface area contributed by atoms with Crippen LogP contribution in [0.1, 0.15) is 23.3 Å². The van der Waals surface area contributed by atoms with E-state index in [-0.39, 0.29) is 5.91 Å². The number of amides is 1. The van der Waals surface area contributed by atoms with Gasteiger partial charge in [0.15, 0.2) is 0 Å². The molecular formula is C16H22N4O. The maximum Gasteiger partial charge on any atom is 0.267 e. The number of anilines is 1. The van der Waals surface area contributed by atoms with E-state index in [4.69, 9.17) is 5.73 Å². The van der Waals surface area contributed by atoms with Crippen molar-refractivity contribution >= 4 is 22.5 Å². The number of fused-ring (bicyclic) bond motifs is 1. The summed E-state index contributed by atoms with van der Waals surface area (Å²) >= 11 is 0. The molecule has 0 atom stereocenters. The molecule has 1 aromatic heterocycles. The lowest BCUT2D eigenvalue weighted by molar-refractivity contribution is 0.0935. The third-order valence-electron chi connectivity index (χ3n) is 4.28. The number of hydrogen-bond acceptors (Lipinski definition) is 3. The van der Waals surface area contributed by atoms with E-state index in [0.717, 1.165) is 43.4 Å². The first-order valence-corrected chi connectivity index (χ1v) is 7.47. The molecule has 2 aromatic rings. The van der Waals surface area contributed by atoms with Gasteiger partial charge in [0.1, 0.15) is 5.69 Å². The van der Waals surface area contributed by atoms with E-state index >= 15 is 0 Å². The zero-order valence-electron chi connectivity index (χ0n) is 12.4. The number of likely N-dealkylation sites (tertiary alicyclic amines) is 1. The highest BCUT2D eigenvalue weighted by atomic mass is 16.1. The Hall–Kier alpha value is -2.01. The number of aromatic amines is 1. The predicted molar refractivity (Wildman–Crippen MR) is 85.3 cm³/mol. The summed E-state index contributed by atoms with van der Waals surface area (Å²) in [6, 6.07) is 7.47. The van der Waals surface area contributed by atoms with Crippen LogP contribution in [0.15, 0.2) is 24.3 Å². The smallest absolute Gasteiger partial charge is 0.267 e. The maximum absolute atomic E-state index is 12.2. The zero-order chi connectivity index (χ0) is 14.8. The minimum Gasteiger partial charge on any atom is -0.399 e. The van der Waals surface area contributed by atoms with Gasteiger partial charge in [-0.2, -0.15) is 0 Å². The number of hydrogen-bond donors (Lipinski definition) is 3. The molecule has 5 nitrogen and oxygen atoms in total. The number of carbonyl (C=O) groups is 1. The summed E-state index contributed by atoms with van der Waals surface area (Å²) in [5.41, 5.74) is 8.01. The van der Waals surface area contributed by atoms with Crippen LogP contribution in [0.3, 0.4) is 0 Å². The molecule has 0 spiro atoms. The molecule has 1 amide bonds. The molecule has 3 rings (SSSR count). The highest BCUT2D eigenvalue weighted by Crippen LogP contribution is 2.19. The molecule has 112 valence electrons. The number of H-pyrrole nitrogens is 1. The van der Waals surface area contributed by atoms with E-state index in [0.29, 0.717) is 17.3 Å². The van der Waals surface area contributed by atoms with Gasteiger partial charge >= 0.3 is 0 Å². The topological polar surface area (TPSA) is 74.2 Å². The molecule has 1 aliphatic heterocycles. The monoisotopic (exact) mass is 286 g/mol. The lowest BCUT2D eigenvalue weighted by Crippen LogP contribution is -2.36. The van der Waals surface area contributed by atoms with Crippen molar-refractivity contribution in [1.82, 2.24) is 15.2 Å². The fraction of sp³-hybridized carbons (Fsp3) is 0.438. The minimum atomic E-state index is -0.0382. The summed E-state index contributed by atoms with van der Waals surface area (Å²) in [5.74, 6) is 0.550. The third-order valence-corrected chi connectivity index (χ3v) is 4.28. The Bertz CT molecular complexity index is 641. The molecule has 4 N–H and O–H groups in total. The molecule has 0 aliphatic carbocycles. The van der Waals surface area contributed by atoms with E-state index in [1.165, 1.54) is 0 Å². The standard InChI is InChI=1S/C16H22N4O/c1-20-6-4-11(5-7-20)10-18-16(21)15-9-12-8-13(17)2-3-14(12)19-15/h2-3,8-9,11,19H,4-7,10,17H2,1H3,(H,18,21). The summed E-state index contributed by atoms with van der Waals surface area (Å²) in [6.07, 6.45) is 2.31. The highest BCUT2D eigenvalue weighted by Gasteiger charge is 2.18. The lowest BCUT2D eigenvalue weighted by Gasteiger charge is -2.28. The van der Waals surface area contributed by atoms with E-state index in [1.807, 2.05) is 24.3 Å². The van der Waals surface area contributed by atoms with Crippen molar-refractivity contribution < 1.29 is 4.79 Å². The van der Waals surface area contributed by atoms with Gasteiger partial charge in [-0.15, -0.1) is 0 Å². The van der Waals surface area contributed by atoms with E-state index in [9.17, 15) is 4.79 Å². The van der Waals surface area contributed by atoms with Crippen molar-refractivity contribution in [3.05, 3.63) is 30.0 Å². The average Bonchev–Trinajstić information content (AvgIpc) is 2.89. The van der Waals surface area contributed by atoms with Crippen LogP contribution in [0.25, 0.3) is 10.9 Å². The Morgan fingerprint density at radius 3 is 2.90 bits per heavy atom. The molecule has 2 heterocycles. The van der Waals surface area contributed by atoms with Crippen molar-refractivity contribution in [2.24, 2.45) is 5.92 Å². The van der Waals surface area contributed by atoms with Gasteiger partial charge in [0.25, 0.3) is 5.91 Å². The number of piperidine rings is 1. The number of nitrogens with one attached hydrogen (secondary N) is 2. The molecule has 0 unspecified atom stereocenters. The number of carbonyl (C=O) groups excluding carboxylic acids is 1. The predicted octanol–water partition coefficient (Wildman–Crippen LogP) is 1.82. The molecule has 1 aromatic carbocycles. The Morgan fingerprint density at radius 1 is 1.38 bits per heavy atom. The van der Waals surface area contributed by atoms with E-state index in [2.05, 4.69) is 22.2 Å². The van der Waals surface area contributed by atoms with E-state index in [1.54, 1.807) is 0 Å². The van der Waals surface area contributed by atoms with Crippen LogP contribution in [0, 0.1) is 5.92 Å². The Morgan fingerprint density at radius 2 is 2.14 bits per heavy atom. The van der Waals surface area contributed by atoms with Crippen LogP contribution in [0.2, 0.25) is 0 Å². The Labute approximate surface area is 124 Å². The van der Waals surface area contributed by atoms with Gasteiger partial charge in [0.05, 0.1) is 0 Å². The molecular weight excluding hydrogens is 264 g/mol. The Balaban J connectivity index is 1.61. The number of benzene rings is 1. The Kier molecular flexibility index (Phi) is 3.84. The third kappa shape index (κ3) is 3.19. The first-order chi connectivity index (χ1) is 10.1. The lowest BCUT2D eigenvalue weighted by atomic mass is 9.97. The van der Waals surface area contributed by atoms with Gasteiger partial charge in [-0.3, -0.25) is 4.79 Å². The SMILES string of the molecule is CN1CCC(CNC(=O)c2cc3cc(N)ccc3[nH]2)CC1. The van der Waals surface area contributed by atoms with Crippen molar-refractivity contribution in [1.29, 1.82) is 0 Å². The van der Waals surface area contributed by atoms with Crippen molar-refractivity contribution in [2.45, 2.75) is 12.8 Å². The van der Waals surface area contributed by atoms with Crippen LogP contribution in [-0.4, -0.2) is 42.5 Å². The molecule has 1 saturated heterocycles. The summed E-state index contributed by atoms with van der Waals surface area (Å²) in [4.78, 5) is 17.7. The van der Waals surface area contributed by atoms with Gasteiger partial charge in [-0.1, -0.05) is 0 Å². The number of nitrogen functional groups attached to an aromatic ring is 1. The van der Waals surface area contributed by atoms with Crippen LogP contribution in [0.5, 0.6) is 0 Å². The van der Waals surface area contributed by atoms with Gasteiger partial charge < -0.3 is 20.9 Å². The molecule has 0 saturated carbocycles. The molecule has 0 radical (unpaired) electrons. The number of rotatable bonds is 3. The second-order valence-electron chi connectivity index (χ2n) is 5.99. The van der Waals surface area contributed by atoms with Crippen LogP contribution in [0.4, 0.5) is 5.69 Å². The molecule has 1 fully saturated rings. The first-order valence-electron chi connectivity index (χ1n) is 7.47. The van der Waals surface area contributed by atoms with Gasteiger partial charge in [-0.25, -0.2) is 0 Å². The zero-order valence-corrected chi connectivity index (χ0v) is 12.4. The van der Waals surface area contributed by atoms with Crippen LogP contribution >= 0.6 is 0 Å². The molecule has 21 heavy (non-hydrogen) atoms. The number of aromatic nitrogens is 1. The van der Waals surface area contributed by atoms with Gasteiger partial charge in [0.2, 0.25) is 0 Å². The normalized spacial score (nSPS) is 17.2. The van der Waals surface area contributed by atoms with Gasteiger partial charge in [-0.05, 0) is 63.2 Å². The largest absolute Gasteiger partial charge is 0.399 e. The number of nitrogens with two attached hydrogens (primary N) is 1. The quantitative estimate of drug-likeness (QED) is 0.754. The fourth-order valence-electron chi connectivity index (χ4n) is 2.87. The summed E-state index contributed by atoms with van der Waals surface area (Å²) in [7, 11) is 2.14. The maximum atomic E-state index is 12.2. The second kappa shape index (κ2) is 5.77. The molecule has 5 heteroatoms. The second-order valence-corrected chi connectivity index (χ2v) is 5.99. The number of nitrogens with zero attached hydrogens (tertiary/aromatic N) is 1. The van der Waals surface area contributed by atoms with Crippen LogP contribution in [-0.2, 0) is 0 Å². The van der Waals surface area contributed by atoms with Gasteiger partial charge in [0, 0.05) is 23.1 Å². The van der Waals surface area contributed by atoms with E-state index < -0.39 is 0 Å². The molecule has 0 bridgehead atoms. The first kappa shape index (κ1) is 13.9. The van der Waals surface area contributed by atoms with Crippen LogP contribution < -0.4 is 11.1 Å². The highest BCUT2D eigenvalue weighted by molar-refractivity contribution is 5.98. The summed E-state index contributed by atoms with van der Waals surface area (Å²) in [5, 5.41) is 4.01. The van der Waals surface area contributed by atoms with Crippen molar-refractivity contribution in [2.75, 3.05) is 32.4 Å². The summed E-state index contributed by atoms with van der Waals surface area (Å²) < 4.78 is 0. The average molecular weight is 286 g/mol. The fourth-order valence-corrected chi connectivity index (χ4v) is 2.87. The summed E-state index contributed by atoms with van der Waals surface area (Å²) in [6.45, 7) is 2.99. The molecule has 1 aliphatic rings. The minimum absolute atomic E-state index is 0.0382.